The summed E-state index contributed by atoms with van der Waals surface area (Å²) in [7, 11) is 0. The van der Waals surface area contributed by atoms with E-state index in [-0.39, 0.29) is 11.9 Å². The first kappa shape index (κ1) is 11.0. The number of thioether (sulfide) groups is 1. The summed E-state index contributed by atoms with van der Waals surface area (Å²) in [5.74, 6) is 2.75. The summed E-state index contributed by atoms with van der Waals surface area (Å²) in [6.45, 7) is 0. The van der Waals surface area contributed by atoms with Crippen LogP contribution in [0, 0.1) is 11.7 Å². The minimum Gasteiger partial charge on any atom is -0.324 e. The summed E-state index contributed by atoms with van der Waals surface area (Å²) < 4.78 is 12.7. The number of halogens is 1. The molecule has 0 radical (unpaired) electrons. The number of nitrogens with two attached hydrogens (primary N) is 1. The van der Waals surface area contributed by atoms with Gasteiger partial charge in [0.15, 0.2) is 0 Å². The predicted octanol–water partition coefficient (Wildman–Crippen LogP) is 2.97. The Labute approximate surface area is 94.2 Å². The lowest BCUT2D eigenvalue weighted by Crippen LogP contribution is -2.25. The topological polar surface area (TPSA) is 26.0 Å². The lowest BCUT2D eigenvalue weighted by atomic mass is 9.91. The highest BCUT2D eigenvalue weighted by molar-refractivity contribution is 7.99. The molecule has 1 nitrogen and oxygen atoms in total. The van der Waals surface area contributed by atoms with Crippen LogP contribution in [0.4, 0.5) is 4.39 Å². The Morgan fingerprint density at radius 1 is 1.33 bits per heavy atom. The lowest BCUT2D eigenvalue weighted by Gasteiger charge is -2.27. The Morgan fingerprint density at radius 2 is 2.07 bits per heavy atom. The summed E-state index contributed by atoms with van der Waals surface area (Å²) in [6.07, 6.45) is 2.45. The summed E-state index contributed by atoms with van der Waals surface area (Å²) in [5, 5.41) is 0. The van der Waals surface area contributed by atoms with Crippen LogP contribution >= 0.6 is 11.8 Å². The van der Waals surface area contributed by atoms with Crippen molar-refractivity contribution < 1.29 is 4.39 Å². The molecule has 1 aromatic rings. The van der Waals surface area contributed by atoms with Gasteiger partial charge < -0.3 is 5.73 Å². The van der Waals surface area contributed by atoms with E-state index in [9.17, 15) is 4.39 Å². The van der Waals surface area contributed by atoms with Crippen molar-refractivity contribution in [1.29, 1.82) is 0 Å². The van der Waals surface area contributed by atoms with E-state index in [1.54, 1.807) is 12.1 Å². The molecule has 1 fully saturated rings. The largest absolute Gasteiger partial charge is 0.324 e. The minimum absolute atomic E-state index is 0.0680. The van der Waals surface area contributed by atoms with Crippen molar-refractivity contribution in [2.24, 2.45) is 11.7 Å². The first-order valence-electron chi connectivity index (χ1n) is 5.36. The molecule has 2 rings (SSSR count). The van der Waals surface area contributed by atoms with E-state index in [2.05, 4.69) is 0 Å². The molecule has 1 aliphatic heterocycles. The second-order valence-electron chi connectivity index (χ2n) is 4.05. The SMILES string of the molecule is NC(c1ccc(F)cc1)C1CCCSC1. The normalized spacial score (nSPS) is 23.7. The second kappa shape index (κ2) is 4.99. The van der Waals surface area contributed by atoms with E-state index < -0.39 is 0 Å². The van der Waals surface area contributed by atoms with Crippen LogP contribution in [0.25, 0.3) is 0 Å². The molecule has 3 heteroatoms. The van der Waals surface area contributed by atoms with Gasteiger partial charge in [-0.25, -0.2) is 4.39 Å². The molecule has 2 atom stereocenters. The van der Waals surface area contributed by atoms with Crippen LogP contribution in [0.3, 0.4) is 0 Å². The van der Waals surface area contributed by atoms with Crippen LogP contribution in [0.2, 0.25) is 0 Å². The van der Waals surface area contributed by atoms with E-state index in [1.165, 1.54) is 30.7 Å². The zero-order valence-electron chi connectivity index (χ0n) is 8.66. The second-order valence-corrected chi connectivity index (χ2v) is 5.20. The van der Waals surface area contributed by atoms with Crippen molar-refractivity contribution in [2.45, 2.75) is 18.9 Å². The van der Waals surface area contributed by atoms with Gasteiger partial charge in [0.2, 0.25) is 0 Å². The molecular formula is C12H16FNS. The molecule has 0 aromatic heterocycles. The van der Waals surface area contributed by atoms with Gasteiger partial charge in [-0.3, -0.25) is 0 Å². The number of hydrogen-bond acceptors (Lipinski definition) is 2. The molecule has 2 N–H and O–H groups in total. The van der Waals surface area contributed by atoms with Gasteiger partial charge in [0, 0.05) is 6.04 Å². The number of benzene rings is 1. The number of hydrogen-bond donors (Lipinski definition) is 1. The molecule has 82 valence electrons. The summed E-state index contributed by atoms with van der Waals surface area (Å²) in [4.78, 5) is 0. The fraction of sp³-hybridized carbons (Fsp3) is 0.500. The first-order chi connectivity index (χ1) is 7.27. The van der Waals surface area contributed by atoms with Crippen molar-refractivity contribution in [2.75, 3.05) is 11.5 Å². The standard InChI is InChI=1S/C12H16FNS/c13-11-5-3-9(4-6-11)12(14)10-2-1-7-15-8-10/h3-6,10,12H,1-2,7-8,14H2. The molecule has 0 saturated carbocycles. The third-order valence-corrected chi connectivity index (χ3v) is 4.20. The smallest absolute Gasteiger partial charge is 0.123 e. The summed E-state index contributed by atoms with van der Waals surface area (Å²) in [6, 6.07) is 6.66. The summed E-state index contributed by atoms with van der Waals surface area (Å²) in [5.41, 5.74) is 7.24. The predicted molar refractivity (Wildman–Crippen MR) is 63.4 cm³/mol. The van der Waals surface area contributed by atoms with E-state index >= 15 is 0 Å². The molecule has 0 amide bonds. The van der Waals surface area contributed by atoms with Crippen molar-refractivity contribution >= 4 is 11.8 Å². The molecule has 1 saturated heterocycles. The Kier molecular flexibility index (Phi) is 3.65. The number of rotatable bonds is 2. The van der Waals surface area contributed by atoms with Gasteiger partial charge in [0.25, 0.3) is 0 Å². The minimum atomic E-state index is -0.191. The van der Waals surface area contributed by atoms with Gasteiger partial charge in [0.1, 0.15) is 5.82 Å². The van der Waals surface area contributed by atoms with Gasteiger partial charge >= 0.3 is 0 Å². The average Bonchev–Trinajstić information content (AvgIpc) is 2.30. The third-order valence-electron chi connectivity index (χ3n) is 2.96. The van der Waals surface area contributed by atoms with Gasteiger partial charge in [0.05, 0.1) is 0 Å². The molecule has 0 aliphatic carbocycles. The average molecular weight is 225 g/mol. The monoisotopic (exact) mass is 225 g/mol. The summed E-state index contributed by atoms with van der Waals surface area (Å²) >= 11 is 1.98. The molecule has 1 aliphatic rings. The van der Waals surface area contributed by atoms with E-state index in [0.717, 1.165) is 11.3 Å². The third kappa shape index (κ3) is 2.73. The van der Waals surface area contributed by atoms with Crippen molar-refractivity contribution in [3.8, 4) is 0 Å². The molecule has 15 heavy (non-hydrogen) atoms. The van der Waals surface area contributed by atoms with Crippen molar-refractivity contribution in [3.05, 3.63) is 35.6 Å². The van der Waals surface area contributed by atoms with Crippen LogP contribution in [-0.2, 0) is 0 Å². The van der Waals surface area contributed by atoms with Crippen LogP contribution in [0.1, 0.15) is 24.4 Å². The molecule has 0 spiro atoms. The van der Waals surface area contributed by atoms with Gasteiger partial charge in [-0.2, -0.15) is 11.8 Å². The van der Waals surface area contributed by atoms with Crippen LogP contribution in [0.15, 0.2) is 24.3 Å². The van der Waals surface area contributed by atoms with Gasteiger partial charge in [-0.05, 0) is 48.0 Å². The highest BCUT2D eigenvalue weighted by Gasteiger charge is 2.21. The zero-order chi connectivity index (χ0) is 10.7. The molecule has 1 aromatic carbocycles. The highest BCUT2D eigenvalue weighted by atomic mass is 32.2. The fourth-order valence-electron chi connectivity index (χ4n) is 2.01. The Bertz CT molecular complexity index is 306. The van der Waals surface area contributed by atoms with Gasteiger partial charge in [-0.15, -0.1) is 0 Å². The molecular weight excluding hydrogens is 209 g/mol. The van der Waals surface area contributed by atoms with E-state index in [0.29, 0.717) is 5.92 Å². The van der Waals surface area contributed by atoms with Crippen LogP contribution in [-0.4, -0.2) is 11.5 Å². The van der Waals surface area contributed by atoms with Crippen molar-refractivity contribution in [3.63, 3.8) is 0 Å². The maximum atomic E-state index is 12.7. The van der Waals surface area contributed by atoms with E-state index in [4.69, 9.17) is 5.73 Å². The quantitative estimate of drug-likeness (QED) is 0.837. The lowest BCUT2D eigenvalue weighted by molar-refractivity contribution is 0.433. The first-order valence-corrected chi connectivity index (χ1v) is 6.51. The van der Waals surface area contributed by atoms with Crippen LogP contribution in [0.5, 0.6) is 0 Å². The Morgan fingerprint density at radius 3 is 2.67 bits per heavy atom. The maximum absolute atomic E-state index is 12.7. The van der Waals surface area contributed by atoms with Crippen LogP contribution < -0.4 is 5.73 Å². The fourth-order valence-corrected chi connectivity index (χ4v) is 3.22. The van der Waals surface area contributed by atoms with Crippen molar-refractivity contribution in [1.82, 2.24) is 0 Å². The van der Waals surface area contributed by atoms with E-state index in [1.807, 2.05) is 11.8 Å². The zero-order valence-corrected chi connectivity index (χ0v) is 9.47. The Hall–Kier alpha value is -0.540. The van der Waals surface area contributed by atoms with Gasteiger partial charge in [-0.1, -0.05) is 12.1 Å². The maximum Gasteiger partial charge on any atom is 0.123 e. The molecule has 0 bridgehead atoms. The molecule has 1 heterocycles. The molecule has 2 unspecified atom stereocenters. The Balaban J connectivity index is 2.05. The highest BCUT2D eigenvalue weighted by Crippen LogP contribution is 2.31.